The Hall–Kier alpha value is -2.85. The number of rotatable bonds is 4. The molecule has 0 saturated carbocycles. The molecule has 1 atom stereocenters. The Morgan fingerprint density at radius 2 is 1.67 bits per heavy atom. The number of ether oxygens (including phenoxy) is 2. The van der Waals surface area contributed by atoms with Gasteiger partial charge in [0.2, 0.25) is 0 Å². The van der Waals surface area contributed by atoms with E-state index in [4.69, 9.17) is 9.47 Å². The van der Waals surface area contributed by atoms with Crippen molar-refractivity contribution in [2.45, 2.75) is 13.0 Å². The van der Waals surface area contributed by atoms with Crippen LogP contribution >= 0.6 is 0 Å². The second kappa shape index (κ2) is 7.80. The summed E-state index contributed by atoms with van der Waals surface area (Å²) in [5, 5.41) is 2.11. The summed E-state index contributed by atoms with van der Waals surface area (Å²) >= 11 is 0. The van der Waals surface area contributed by atoms with Gasteiger partial charge in [0, 0.05) is 18.5 Å². The van der Waals surface area contributed by atoms with E-state index in [9.17, 15) is 4.79 Å². The summed E-state index contributed by atoms with van der Waals surface area (Å²) in [6.45, 7) is 4.24. The molecule has 1 aliphatic heterocycles. The highest BCUT2D eigenvalue weighted by Gasteiger charge is 2.24. The number of hydrogen-bond donors (Lipinski definition) is 0. The van der Waals surface area contributed by atoms with Gasteiger partial charge in [-0.2, -0.15) is 0 Å². The number of hydrogen-bond acceptors (Lipinski definition) is 3. The minimum Gasteiger partial charge on any atom is -0.480 e. The first-order valence-electron chi connectivity index (χ1n) is 9.34. The molecule has 0 unspecified atom stereocenters. The maximum Gasteiger partial charge on any atom is 0.263 e. The van der Waals surface area contributed by atoms with Crippen LogP contribution in [0.2, 0.25) is 0 Å². The van der Waals surface area contributed by atoms with Crippen LogP contribution in [0, 0.1) is 0 Å². The molecule has 0 radical (unpaired) electrons. The lowest BCUT2D eigenvalue weighted by Crippen LogP contribution is -2.46. The number of carbonyl (C=O) groups excluding carboxylic acids is 1. The zero-order chi connectivity index (χ0) is 18.6. The van der Waals surface area contributed by atoms with Crippen LogP contribution in [0.5, 0.6) is 5.75 Å². The Kier molecular flexibility index (Phi) is 5.07. The molecule has 1 heterocycles. The van der Waals surface area contributed by atoms with Gasteiger partial charge in [0.15, 0.2) is 6.10 Å². The van der Waals surface area contributed by atoms with E-state index in [2.05, 4.69) is 24.3 Å². The number of nitrogens with zero attached hydrogens (tertiary/aromatic N) is 1. The fourth-order valence-corrected chi connectivity index (χ4v) is 3.45. The SMILES string of the molecule is C[C@H](Oc1cc(-c2ccccc2)cc2ccccc12)C(=O)N1CCOCC1. The van der Waals surface area contributed by atoms with Gasteiger partial charge in [0.25, 0.3) is 5.91 Å². The lowest BCUT2D eigenvalue weighted by Gasteiger charge is -2.29. The first-order chi connectivity index (χ1) is 13.2. The van der Waals surface area contributed by atoms with Crippen LogP contribution in [0.15, 0.2) is 66.7 Å². The molecule has 1 aliphatic rings. The van der Waals surface area contributed by atoms with Crippen molar-refractivity contribution in [1.29, 1.82) is 0 Å². The van der Waals surface area contributed by atoms with E-state index in [1.54, 1.807) is 0 Å². The molecule has 0 spiro atoms. The Morgan fingerprint density at radius 3 is 2.44 bits per heavy atom. The van der Waals surface area contributed by atoms with Crippen molar-refractivity contribution in [2.24, 2.45) is 0 Å². The highest BCUT2D eigenvalue weighted by Crippen LogP contribution is 2.33. The Balaban J connectivity index is 1.66. The van der Waals surface area contributed by atoms with Crippen molar-refractivity contribution >= 4 is 16.7 Å². The van der Waals surface area contributed by atoms with Crippen molar-refractivity contribution in [2.75, 3.05) is 26.3 Å². The predicted octanol–water partition coefficient (Wildman–Crippen LogP) is 4.13. The van der Waals surface area contributed by atoms with Crippen LogP contribution in [-0.4, -0.2) is 43.2 Å². The molecular formula is C23H23NO3. The fourth-order valence-electron chi connectivity index (χ4n) is 3.45. The molecule has 0 aromatic heterocycles. The van der Waals surface area contributed by atoms with Gasteiger partial charge >= 0.3 is 0 Å². The molecule has 1 fully saturated rings. The topological polar surface area (TPSA) is 38.8 Å². The highest BCUT2D eigenvalue weighted by atomic mass is 16.5. The third kappa shape index (κ3) is 3.81. The molecule has 0 aliphatic carbocycles. The lowest BCUT2D eigenvalue weighted by atomic mass is 10.0. The van der Waals surface area contributed by atoms with Crippen LogP contribution in [0.1, 0.15) is 6.92 Å². The molecule has 4 rings (SSSR count). The molecule has 3 aromatic carbocycles. The van der Waals surface area contributed by atoms with Crippen molar-refractivity contribution in [3.63, 3.8) is 0 Å². The van der Waals surface area contributed by atoms with Crippen molar-refractivity contribution < 1.29 is 14.3 Å². The van der Waals surface area contributed by atoms with Crippen LogP contribution < -0.4 is 4.74 Å². The minimum absolute atomic E-state index is 0.00694. The van der Waals surface area contributed by atoms with Crippen LogP contribution in [0.3, 0.4) is 0 Å². The van der Waals surface area contributed by atoms with Gasteiger partial charge in [-0.05, 0) is 35.6 Å². The third-order valence-corrected chi connectivity index (χ3v) is 4.91. The van der Waals surface area contributed by atoms with Gasteiger partial charge in [-0.1, -0.05) is 54.6 Å². The largest absolute Gasteiger partial charge is 0.480 e. The summed E-state index contributed by atoms with van der Waals surface area (Å²) in [5.74, 6) is 0.744. The Bertz CT molecular complexity index is 933. The van der Waals surface area contributed by atoms with E-state index in [1.165, 1.54) is 0 Å². The molecule has 0 N–H and O–H groups in total. The van der Waals surface area contributed by atoms with E-state index < -0.39 is 6.10 Å². The van der Waals surface area contributed by atoms with Crippen molar-refractivity contribution in [3.8, 4) is 16.9 Å². The zero-order valence-corrected chi connectivity index (χ0v) is 15.4. The second-order valence-electron chi connectivity index (χ2n) is 6.76. The summed E-state index contributed by atoms with van der Waals surface area (Å²) in [7, 11) is 0. The molecule has 3 aromatic rings. The lowest BCUT2D eigenvalue weighted by molar-refractivity contribution is -0.142. The first-order valence-corrected chi connectivity index (χ1v) is 9.34. The van der Waals surface area contributed by atoms with E-state index in [1.807, 2.05) is 54.3 Å². The molecular weight excluding hydrogens is 338 g/mol. The fraction of sp³-hybridized carbons (Fsp3) is 0.261. The summed E-state index contributed by atoms with van der Waals surface area (Å²) in [5.41, 5.74) is 2.20. The maximum absolute atomic E-state index is 12.7. The van der Waals surface area contributed by atoms with Gasteiger partial charge in [-0.25, -0.2) is 0 Å². The van der Waals surface area contributed by atoms with E-state index in [-0.39, 0.29) is 5.91 Å². The average molecular weight is 361 g/mol. The smallest absolute Gasteiger partial charge is 0.263 e. The van der Waals surface area contributed by atoms with Crippen LogP contribution in [-0.2, 0) is 9.53 Å². The number of benzene rings is 3. The summed E-state index contributed by atoms with van der Waals surface area (Å²) in [6.07, 6.45) is -0.544. The van der Waals surface area contributed by atoms with E-state index >= 15 is 0 Å². The van der Waals surface area contributed by atoms with E-state index in [0.29, 0.717) is 26.3 Å². The minimum atomic E-state index is -0.544. The molecule has 1 saturated heterocycles. The normalized spacial score (nSPS) is 15.5. The average Bonchev–Trinajstić information content (AvgIpc) is 2.74. The quantitative estimate of drug-likeness (QED) is 0.701. The van der Waals surface area contributed by atoms with Crippen LogP contribution in [0.25, 0.3) is 21.9 Å². The standard InChI is InChI=1S/C23H23NO3/c1-17(23(25)24-11-13-26-14-12-24)27-22-16-20(18-7-3-2-4-8-18)15-19-9-5-6-10-21(19)22/h2-10,15-17H,11-14H2,1H3/t17-/m0/s1. The Morgan fingerprint density at radius 1 is 0.963 bits per heavy atom. The summed E-state index contributed by atoms with van der Waals surface area (Å²) in [6, 6.07) is 22.5. The Labute approximate surface area is 159 Å². The number of amides is 1. The van der Waals surface area contributed by atoms with Gasteiger partial charge in [0.05, 0.1) is 13.2 Å². The molecule has 0 bridgehead atoms. The van der Waals surface area contributed by atoms with Gasteiger partial charge in [-0.15, -0.1) is 0 Å². The zero-order valence-electron chi connectivity index (χ0n) is 15.4. The van der Waals surface area contributed by atoms with Gasteiger partial charge in [0.1, 0.15) is 5.75 Å². The monoisotopic (exact) mass is 361 g/mol. The molecule has 4 nitrogen and oxygen atoms in total. The summed E-state index contributed by atoms with van der Waals surface area (Å²) < 4.78 is 11.5. The van der Waals surface area contributed by atoms with Gasteiger partial charge < -0.3 is 14.4 Å². The highest BCUT2D eigenvalue weighted by molar-refractivity contribution is 5.93. The van der Waals surface area contributed by atoms with Crippen molar-refractivity contribution in [1.82, 2.24) is 4.90 Å². The molecule has 4 heteroatoms. The number of fused-ring (bicyclic) bond motifs is 1. The van der Waals surface area contributed by atoms with Crippen molar-refractivity contribution in [3.05, 3.63) is 66.7 Å². The number of morpholine rings is 1. The molecule has 27 heavy (non-hydrogen) atoms. The van der Waals surface area contributed by atoms with E-state index in [0.717, 1.165) is 27.6 Å². The predicted molar refractivity (Wildman–Crippen MR) is 107 cm³/mol. The maximum atomic E-state index is 12.7. The van der Waals surface area contributed by atoms with Crippen LogP contribution in [0.4, 0.5) is 0 Å². The first kappa shape index (κ1) is 17.6. The second-order valence-corrected chi connectivity index (χ2v) is 6.76. The third-order valence-electron chi connectivity index (χ3n) is 4.91. The molecule has 138 valence electrons. The molecule has 1 amide bonds. The summed E-state index contributed by atoms with van der Waals surface area (Å²) in [4.78, 5) is 14.6. The number of carbonyl (C=O) groups is 1. The van der Waals surface area contributed by atoms with Gasteiger partial charge in [-0.3, -0.25) is 4.79 Å².